The van der Waals surface area contributed by atoms with Crippen molar-refractivity contribution < 1.29 is 19.1 Å². The number of hydrogen-bond donors (Lipinski definition) is 0. The Morgan fingerprint density at radius 3 is 2.20 bits per heavy atom. The molecule has 4 nitrogen and oxygen atoms in total. The van der Waals surface area contributed by atoms with Crippen LogP contribution in [0, 0.1) is 5.41 Å². The lowest BCUT2D eigenvalue weighted by molar-refractivity contribution is -0.166. The van der Waals surface area contributed by atoms with Crippen molar-refractivity contribution in [2.45, 2.75) is 20.3 Å². The third-order valence-electron chi connectivity index (χ3n) is 3.56. The first-order valence-electron chi connectivity index (χ1n) is 6.70. The lowest BCUT2D eigenvalue weighted by Crippen LogP contribution is -2.42. The fourth-order valence-corrected chi connectivity index (χ4v) is 2.57. The molecular formula is C16H18O4. The number of carbonyl (C=O) groups is 2. The number of hydrogen-bond acceptors (Lipinski definition) is 4. The summed E-state index contributed by atoms with van der Waals surface area (Å²) in [5.41, 5.74) is 0.771. The van der Waals surface area contributed by atoms with Gasteiger partial charge < -0.3 is 9.47 Å². The van der Waals surface area contributed by atoms with Gasteiger partial charge in [-0.25, -0.2) is 0 Å². The Bertz CT molecular complexity index is 541. The van der Waals surface area contributed by atoms with Gasteiger partial charge in [0.1, 0.15) is 0 Å². The van der Waals surface area contributed by atoms with Gasteiger partial charge in [0.25, 0.3) is 0 Å². The van der Waals surface area contributed by atoms with Crippen LogP contribution in [-0.4, -0.2) is 25.2 Å². The zero-order valence-corrected chi connectivity index (χ0v) is 11.8. The fourth-order valence-electron chi connectivity index (χ4n) is 2.57. The van der Waals surface area contributed by atoms with Crippen molar-refractivity contribution >= 4 is 17.5 Å². The molecule has 0 aromatic heterocycles. The van der Waals surface area contributed by atoms with Crippen molar-refractivity contribution in [2.75, 3.05) is 13.2 Å². The molecular weight excluding hydrogens is 256 g/mol. The number of ether oxygens (including phenoxy) is 2. The molecule has 1 aromatic carbocycles. The summed E-state index contributed by atoms with van der Waals surface area (Å²) in [7, 11) is 0. The lowest BCUT2D eigenvalue weighted by Gasteiger charge is -2.25. The standard InChI is InChI=1S/C16H18O4/c1-4-19-14(17)16(15(18)20-5-2)10-12-8-6-7-9-13(12)11(16)3/h6-9H,3-5,10H2,1-2H3. The molecule has 1 aromatic rings. The van der Waals surface area contributed by atoms with Crippen molar-refractivity contribution in [3.63, 3.8) is 0 Å². The fraction of sp³-hybridized carbons (Fsp3) is 0.375. The van der Waals surface area contributed by atoms with Gasteiger partial charge in [0.2, 0.25) is 0 Å². The van der Waals surface area contributed by atoms with Crippen LogP contribution in [0.5, 0.6) is 0 Å². The van der Waals surface area contributed by atoms with Crippen LogP contribution in [0.25, 0.3) is 5.57 Å². The van der Waals surface area contributed by atoms with Crippen LogP contribution < -0.4 is 0 Å². The van der Waals surface area contributed by atoms with Crippen LogP contribution in [-0.2, 0) is 25.5 Å². The molecule has 106 valence electrons. The SMILES string of the molecule is C=C1c2ccccc2CC1(C(=O)OCC)C(=O)OCC. The molecule has 0 bridgehead atoms. The first-order chi connectivity index (χ1) is 9.57. The predicted octanol–water partition coefficient (Wildman–Crippen LogP) is 2.37. The third-order valence-corrected chi connectivity index (χ3v) is 3.56. The van der Waals surface area contributed by atoms with Gasteiger partial charge in [-0.05, 0) is 30.5 Å². The van der Waals surface area contributed by atoms with E-state index in [1.807, 2.05) is 24.3 Å². The second-order valence-corrected chi connectivity index (χ2v) is 4.66. The topological polar surface area (TPSA) is 52.6 Å². The molecule has 1 aliphatic rings. The average molecular weight is 274 g/mol. The summed E-state index contributed by atoms with van der Waals surface area (Å²) in [4.78, 5) is 24.8. The second kappa shape index (κ2) is 5.49. The molecule has 0 unspecified atom stereocenters. The number of fused-ring (bicyclic) bond motifs is 1. The first-order valence-corrected chi connectivity index (χ1v) is 6.70. The zero-order chi connectivity index (χ0) is 14.8. The van der Waals surface area contributed by atoms with E-state index in [1.54, 1.807) is 13.8 Å². The van der Waals surface area contributed by atoms with Crippen molar-refractivity contribution in [3.8, 4) is 0 Å². The smallest absolute Gasteiger partial charge is 0.328 e. The van der Waals surface area contributed by atoms with Gasteiger partial charge in [-0.1, -0.05) is 30.8 Å². The minimum absolute atomic E-state index is 0.212. The van der Waals surface area contributed by atoms with E-state index in [2.05, 4.69) is 6.58 Å². The summed E-state index contributed by atoms with van der Waals surface area (Å²) in [6.45, 7) is 7.80. The van der Waals surface area contributed by atoms with Crippen molar-refractivity contribution in [1.29, 1.82) is 0 Å². The summed E-state index contributed by atoms with van der Waals surface area (Å²) < 4.78 is 10.2. The van der Waals surface area contributed by atoms with Crippen LogP contribution in [0.15, 0.2) is 30.8 Å². The Morgan fingerprint density at radius 1 is 1.15 bits per heavy atom. The Kier molecular flexibility index (Phi) is 3.93. The van der Waals surface area contributed by atoms with Crippen LogP contribution in [0.4, 0.5) is 0 Å². The summed E-state index contributed by atoms with van der Waals surface area (Å²) in [5, 5.41) is 0. The molecule has 20 heavy (non-hydrogen) atoms. The van der Waals surface area contributed by atoms with Crippen molar-refractivity contribution in [3.05, 3.63) is 42.0 Å². The molecule has 0 atom stereocenters. The predicted molar refractivity (Wildman–Crippen MR) is 74.9 cm³/mol. The Morgan fingerprint density at radius 2 is 1.70 bits per heavy atom. The summed E-state index contributed by atoms with van der Waals surface area (Å²) in [5.74, 6) is -1.17. The van der Waals surface area contributed by atoms with E-state index in [9.17, 15) is 9.59 Å². The third kappa shape index (κ3) is 2.01. The van der Waals surface area contributed by atoms with Gasteiger partial charge in [-0.2, -0.15) is 0 Å². The molecule has 2 rings (SSSR count). The summed E-state index contributed by atoms with van der Waals surface area (Å²) >= 11 is 0. The Balaban J connectivity index is 2.48. The molecule has 0 spiro atoms. The van der Waals surface area contributed by atoms with Gasteiger partial charge in [0.15, 0.2) is 5.41 Å². The van der Waals surface area contributed by atoms with Gasteiger partial charge >= 0.3 is 11.9 Å². The molecule has 1 aliphatic carbocycles. The molecule has 0 radical (unpaired) electrons. The van der Waals surface area contributed by atoms with E-state index >= 15 is 0 Å². The normalized spacial score (nSPS) is 15.6. The highest BCUT2D eigenvalue weighted by atomic mass is 16.6. The van der Waals surface area contributed by atoms with Gasteiger partial charge in [0.05, 0.1) is 13.2 Å². The zero-order valence-electron chi connectivity index (χ0n) is 11.8. The highest BCUT2D eigenvalue weighted by molar-refractivity contribution is 6.14. The molecule has 0 amide bonds. The van der Waals surface area contributed by atoms with E-state index in [0.717, 1.165) is 11.1 Å². The van der Waals surface area contributed by atoms with Gasteiger partial charge in [-0.3, -0.25) is 9.59 Å². The quantitative estimate of drug-likeness (QED) is 0.625. The summed E-state index contributed by atoms with van der Waals surface area (Å²) in [6.07, 6.45) is 0.250. The van der Waals surface area contributed by atoms with Crippen LogP contribution in [0.3, 0.4) is 0 Å². The Labute approximate surface area is 118 Å². The maximum absolute atomic E-state index is 12.4. The minimum atomic E-state index is -1.43. The molecule has 0 fully saturated rings. The largest absolute Gasteiger partial charge is 0.465 e. The molecule has 0 saturated heterocycles. The van der Waals surface area contributed by atoms with Crippen molar-refractivity contribution in [2.24, 2.45) is 5.41 Å². The van der Waals surface area contributed by atoms with Gasteiger partial charge in [0, 0.05) is 6.42 Å². The van der Waals surface area contributed by atoms with Gasteiger partial charge in [-0.15, -0.1) is 0 Å². The summed E-state index contributed by atoms with van der Waals surface area (Å²) in [6, 6.07) is 7.48. The van der Waals surface area contributed by atoms with E-state index in [-0.39, 0.29) is 19.6 Å². The van der Waals surface area contributed by atoms with Crippen molar-refractivity contribution in [1.82, 2.24) is 0 Å². The monoisotopic (exact) mass is 274 g/mol. The van der Waals surface area contributed by atoms with E-state index < -0.39 is 17.4 Å². The highest BCUT2D eigenvalue weighted by Crippen LogP contribution is 2.47. The van der Waals surface area contributed by atoms with E-state index in [0.29, 0.717) is 5.57 Å². The van der Waals surface area contributed by atoms with Crippen LogP contribution >= 0.6 is 0 Å². The Hall–Kier alpha value is -2.10. The lowest BCUT2D eigenvalue weighted by atomic mass is 9.81. The molecule has 0 saturated carbocycles. The molecule has 0 heterocycles. The average Bonchev–Trinajstić information content (AvgIpc) is 2.74. The highest BCUT2D eigenvalue weighted by Gasteiger charge is 2.55. The number of benzene rings is 1. The maximum atomic E-state index is 12.4. The molecule has 0 aliphatic heterocycles. The van der Waals surface area contributed by atoms with Crippen LogP contribution in [0.2, 0.25) is 0 Å². The number of carbonyl (C=O) groups excluding carboxylic acids is 2. The first kappa shape index (κ1) is 14.3. The number of esters is 2. The minimum Gasteiger partial charge on any atom is -0.465 e. The van der Waals surface area contributed by atoms with E-state index in [4.69, 9.17) is 9.47 Å². The number of rotatable bonds is 4. The molecule has 0 N–H and O–H groups in total. The van der Waals surface area contributed by atoms with Crippen LogP contribution in [0.1, 0.15) is 25.0 Å². The second-order valence-electron chi connectivity index (χ2n) is 4.66. The van der Waals surface area contributed by atoms with E-state index in [1.165, 1.54) is 0 Å². The molecule has 4 heteroatoms. The maximum Gasteiger partial charge on any atom is 0.328 e.